The predicted molar refractivity (Wildman–Crippen MR) is 184 cm³/mol. The number of rotatable bonds is 14. The van der Waals surface area contributed by atoms with E-state index < -0.39 is 81.6 Å². The van der Waals surface area contributed by atoms with Crippen LogP contribution >= 0.6 is 0 Å². The summed E-state index contributed by atoms with van der Waals surface area (Å²) in [5, 5.41) is 30.5. The Morgan fingerprint density at radius 2 is 1.57 bits per heavy atom. The molecule has 0 aliphatic carbocycles. The number of methoxy groups -OCH3 is 1. The van der Waals surface area contributed by atoms with Crippen LogP contribution in [0.3, 0.4) is 0 Å². The zero-order valence-electron chi connectivity index (χ0n) is 28.9. The van der Waals surface area contributed by atoms with Crippen LogP contribution in [0.2, 0.25) is 0 Å². The second-order valence-corrected chi connectivity index (χ2v) is 14.1. The first-order valence-electron chi connectivity index (χ1n) is 14.7. The summed E-state index contributed by atoms with van der Waals surface area (Å²) in [6.07, 6.45) is -4.49. The van der Waals surface area contributed by atoms with Gasteiger partial charge in [0.15, 0.2) is 5.75 Å². The molecule has 1 aromatic heterocycles. The van der Waals surface area contributed by atoms with Crippen molar-refractivity contribution in [1.29, 1.82) is 0 Å². The highest BCUT2D eigenvalue weighted by Gasteiger charge is 2.34. The molecule has 4 rings (SSSR count). The lowest BCUT2D eigenvalue weighted by molar-refractivity contribution is -0.143. The number of ether oxygens (including phenoxy) is 1. The molecule has 9 N–H and O–H groups in total. The Balaban J connectivity index is 0.00000486. The van der Waals surface area contributed by atoms with E-state index in [1.165, 1.54) is 13.2 Å². The van der Waals surface area contributed by atoms with Crippen LogP contribution in [0.1, 0.15) is 31.7 Å². The van der Waals surface area contributed by atoms with Gasteiger partial charge in [0.1, 0.15) is 21.3 Å². The first kappa shape index (κ1) is 44.1. The van der Waals surface area contributed by atoms with Gasteiger partial charge in [-0.05, 0) is 36.2 Å². The van der Waals surface area contributed by atoms with Gasteiger partial charge in [0.25, 0.3) is 20.2 Å². The number of aliphatic carboxylic acids is 1. The summed E-state index contributed by atoms with van der Waals surface area (Å²) < 4.78 is 108. The van der Waals surface area contributed by atoms with Crippen LogP contribution in [0.15, 0.2) is 62.5 Å². The maximum atomic E-state index is 13.7. The van der Waals surface area contributed by atoms with E-state index in [9.17, 15) is 45.0 Å². The molecular weight excluding hydrogens is 754 g/mol. The highest BCUT2D eigenvalue weighted by atomic mass is 32.2. The Hall–Kier alpha value is -5.07. The molecule has 18 nitrogen and oxygen atoms in total. The third-order valence-electron chi connectivity index (χ3n) is 7.76. The number of phenolic OH excluding ortho intramolecular Hbond substituents is 1. The number of nitrogens with zero attached hydrogens (tertiary/aromatic N) is 5. The Morgan fingerprint density at radius 1 is 0.943 bits per heavy atom. The van der Waals surface area contributed by atoms with E-state index in [2.05, 4.69) is 38.9 Å². The minimum absolute atomic E-state index is 0. The van der Waals surface area contributed by atoms with Crippen LogP contribution in [0.4, 0.5) is 36.2 Å². The molecular formula is C30H37F3N8O10S2. The van der Waals surface area contributed by atoms with Gasteiger partial charge in [0.05, 0.1) is 49.6 Å². The fourth-order valence-corrected chi connectivity index (χ4v) is 6.56. The number of aromatic nitrogens is 3. The minimum atomic E-state index is -4.88. The number of carboxylic acids is 1. The number of hydrogen-bond acceptors (Lipinski definition) is 17. The van der Waals surface area contributed by atoms with E-state index in [4.69, 9.17) is 4.74 Å². The minimum Gasteiger partial charge on any atom is -0.505 e. The van der Waals surface area contributed by atoms with Gasteiger partial charge in [0, 0.05) is 11.8 Å². The predicted octanol–water partition coefficient (Wildman–Crippen LogP) is 6.20. The monoisotopic (exact) mass is 790 g/mol. The molecule has 0 bridgehead atoms. The van der Waals surface area contributed by atoms with Gasteiger partial charge in [-0.25, -0.2) is 0 Å². The van der Waals surface area contributed by atoms with Crippen molar-refractivity contribution in [3.63, 3.8) is 0 Å². The quantitative estimate of drug-likeness (QED) is 0.0701. The number of alkyl halides is 3. The SMILES string of the molecule is CCC(C)C(Cc1nc(Nc2ccc(S(=O)(=O)OC)c3cc(S(=O)(=O)OC)c(N=Nc4ccccc4C(F)(F)F)c(O)c23)nc(OC)n1)C(=O)O.N.N. The number of nitrogens with one attached hydrogen (secondary N) is 1. The molecule has 4 aromatic rings. The lowest BCUT2D eigenvalue weighted by Gasteiger charge is -2.19. The van der Waals surface area contributed by atoms with Crippen molar-refractivity contribution >= 4 is 60.0 Å². The number of phenols is 1. The second-order valence-electron chi connectivity index (χ2n) is 10.8. The first-order valence-corrected chi connectivity index (χ1v) is 17.5. The van der Waals surface area contributed by atoms with E-state index in [0.29, 0.717) is 12.5 Å². The molecule has 53 heavy (non-hydrogen) atoms. The lowest BCUT2D eigenvalue weighted by Crippen LogP contribution is -2.25. The van der Waals surface area contributed by atoms with Crippen LogP contribution in [-0.4, -0.2) is 69.3 Å². The van der Waals surface area contributed by atoms with Crippen molar-refractivity contribution in [1.82, 2.24) is 27.3 Å². The number of benzene rings is 3. The molecule has 1 heterocycles. The lowest BCUT2D eigenvalue weighted by atomic mass is 9.89. The summed E-state index contributed by atoms with van der Waals surface area (Å²) in [7, 11) is -6.64. The van der Waals surface area contributed by atoms with Crippen molar-refractivity contribution in [3.8, 4) is 11.8 Å². The van der Waals surface area contributed by atoms with Crippen molar-refractivity contribution in [2.45, 2.75) is 42.7 Å². The molecule has 23 heteroatoms. The topological polar surface area (TPSA) is 299 Å². The van der Waals surface area contributed by atoms with Crippen molar-refractivity contribution < 1.29 is 58.1 Å². The summed E-state index contributed by atoms with van der Waals surface area (Å²) >= 11 is 0. The number of azo groups is 1. The molecule has 2 unspecified atom stereocenters. The number of hydrogen-bond donors (Lipinski definition) is 5. The third kappa shape index (κ3) is 9.49. The Kier molecular flexibility index (Phi) is 14.3. The second kappa shape index (κ2) is 17.2. The number of fused-ring (bicyclic) bond motifs is 1. The summed E-state index contributed by atoms with van der Waals surface area (Å²) in [6, 6.07) is 6.64. The van der Waals surface area contributed by atoms with Crippen LogP contribution in [0, 0.1) is 11.8 Å². The van der Waals surface area contributed by atoms with Gasteiger partial charge >= 0.3 is 18.2 Å². The average molecular weight is 791 g/mol. The van der Waals surface area contributed by atoms with E-state index in [-0.39, 0.29) is 48.1 Å². The van der Waals surface area contributed by atoms with Crippen molar-refractivity contribution in [2.24, 2.45) is 22.1 Å². The van der Waals surface area contributed by atoms with Crippen LogP contribution in [0.25, 0.3) is 10.8 Å². The number of carboxylic acid groups (broad SMARTS) is 1. The summed E-state index contributed by atoms with van der Waals surface area (Å²) in [4.78, 5) is 22.9. The number of aromatic hydroxyl groups is 1. The Labute approximate surface area is 301 Å². The zero-order chi connectivity index (χ0) is 37.9. The molecule has 0 saturated heterocycles. The number of halogens is 3. The third-order valence-corrected chi connectivity index (χ3v) is 10.4. The van der Waals surface area contributed by atoms with Gasteiger partial charge in [-0.2, -0.15) is 45.0 Å². The maximum Gasteiger partial charge on any atom is 0.418 e. The van der Waals surface area contributed by atoms with E-state index in [0.717, 1.165) is 44.6 Å². The number of carbonyl (C=O) groups is 1. The van der Waals surface area contributed by atoms with Gasteiger partial charge in [-0.1, -0.05) is 32.4 Å². The molecule has 2 atom stereocenters. The summed E-state index contributed by atoms with van der Waals surface area (Å²) in [6.45, 7) is 3.56. The standard InChI is InChI=1S/C30H31F3N6O10S2.2H3N/c1-6-15(2)16(27(41)42)14-23-35-28(37-29(36-23)47-3)34-20-11-12-21(50(43,44)48-4)17-13-22(51(45,46)49-5)25(26(40)24(17)20)39-38-19-10-8-7-9-18(19)30(31,32)33;;/h7-13,15-16,40H,6,14H2,1-5H3,(H,41,42)(H,34,35,36,37);2*1H3. The van der Waals surface area contributed by atoms with Gasteiger partial charge in [0.2, 0.25) is 5.95 Å². The van der Waals surface area contributed by atoms with E-state index in [1.54, 1.807) is 6.92 Å². The van der Waals surface area contributed by atoms with Crippen molar-refractivity contribution in [2.75, 3.05) is 26.6 Å². The number of anilines is 2. The molecule has 0 aliphatic rings. The highest BCUT2D eigenvalue weighted by molar-refractivity contribution is 7.87. The maximum absolute atomic E-state index is 13.7. The molecule has 0 aliphatic heterocycles. The van der Waals surface area contributed by atoms with Crippen molar-refractivity contribution in [3.05, 3.63) is 53.9 Å². The van der Waals surface area contributed by atoms with Crippen LogP contribution in [-0.2, 0) is 46.0 Å². The molecule has 0 radical (unpaired) electrons. The van der Waals surface area contributed by atoms with Gasteiger partial charge in [-0.3, -0.25) is 13.2 Å². The molecule has 290 valence electrons. The largest absolute Gasteiger partial charge is 0.505 e. The smallest absolute Gasteiger partial charge is 0.418 e. The summed E-state index contributed by atoms with van der Waals surface area (Å²) in [5.74, 6) is -3.60. The highest BCUT2D eigenvalue weighted by Crippen LogP contribution is 2.47. The van der Waals surface area contributed by atoms with E-state index in [1.807, 2.05) is 6.92 Å². The average Bonchev–Trinajstić information content (AvgIpc) is 3.08. The molecule has 3 aromatic carbocycles. The van der Waals surface area contributed by atoms with E-state index >= 15 is 0 Å². The first-order chi connectivity index (χ1) is 23.9. The summed E-state index contributed by atoms with van der Waals surface area (Å²) in [5.41, 5.74) is -3.05. The molecule has 0 fully saturated rings. The van der Waals surface area contributed by atoms with Crippen LogP contribution < -0.4 is 22.4 Å². The Bertz CT molecular complexity index is 2220. The van der Waals surface area contributed by atoms with Gasteiger partial charge in [-0.15, -0.1) is 10.2 Å². The molecule has 0 saturated carbocycles. The fraction of sp³-hybridized carbons (Fsp3) is 0.333. The zero-order valence-corrected chi connectivity index (χ0v) is 30.5. The fourth-order valence-electron chi connectivity index (χ4n) is 4.90. The Morgan fingerprint density at radius 3 is 2.13 bits per heavy atom. The molecule has 0 amide bonds. The normalized spacial score (nSPS) is 13.2. The van der Waals surface area contributed by atoms with Gasteiger partial charge < -0.3 is 32.6 Å². The van der Waals surface area contributed by atoms with Crippen LogP contribution in [0.5, 0.6) is 11.8 Å². The molecule has 0 spiro atoms.